The largest absolute Gasteiger partial charge is 0.465 e. The standard InChI is InChI=1S/C18H25ClN2O3/c19-16-5-3-4-15(14-16)18(6-10-21(11-7-18)17(22)23)24-13-12-20-8-1-2-9-20/h3-5,14H,1-2,6-13H2,(H,22,23). The van der Waals surface area contributed by atoms with Gasteiger partial charge in [0.05, 0.1) is 12.2 Å². The topological polar surface area (TPSA) is 53.0 Å². The number of likely N-dealkylation sites (tertiary alicyclic amines) is 2. The lowest BCUT2D eigenvalue weighted by Crippen LogP contribution is -2.46. The second-order valence-electron chi connectivity index (χ2n) is 6.67. The Morgan fingerprint density at radius 3 is 2.54 bits per heavy atom. The summed E-state index contributed by atoms with van der Waals surface area (Å²) in [7, 11) is 0. The molecule has 24 heavy (non-hydrogen) atoms. The van der Waals surface area contributed by atoms with Gasteiger partial charge in [0.15, 0.2) is 0 Å². The van der Waals surface area contributed by atoms with E-state index in [0.717, 1.165) is 25.2 Å². The molecule has 0 spiro atoms. The summed E-state index contributed by atoms with van der Waals surface area (Å²) in [6, 6.07) is 7.79. The van der Waals surface area contributed by atoms with Crippen molar-refractivity contribution >= 4 is 17.7 Å². The van der Waals surface area contributed by atoms with Gasteiger partial charge in [-0.1, -0.05) is 23.7 Å². The van der Waals surface area contributed by atoms with Crippen molar-refractivity contribution in [2.24, 2.45) is 0 Å². The summed E-state index contributed by atoms with van der Waals surface area (Å²) >= 11 is 6.17. The number of amides is 1. The molecule has 2 aliphatic rings. The number of hydrogen-bond donors (Lipinski definition) is 1. The molecule has 0 radical (unpaired) electrons. The van der Waals surface area contributed by atoms with Crippen LogP contribution in [0.1, 0.15) is 31.2 Å². The quantitative estimate of drug-likeness (QED) is 0.882. The predicted octanol–water partition coefficient (Wildman–Crippen LogP) is 3.42. The lowest BCUT2D eigenvalue weighted by Gasteiger charge is -2.41. The molecule has 3 rings (SSSR count). The predicted molar refractivity (Wildman–Crippen MR) is 93.6 cm³/mol. The van der Waals surface area contributed by atoms with Gasteiger partial charge in [0, 0.05) is 24.7 Å². The molecular weight excluding hydrogens is 328 g/mol. The van der Waals surface area contributed by atoms with Gasteiger partial charge in [-0.2, -0.15) is 0 Å². The number of halogens is 1. The molecule has 2 aliphatic heterocycles. The molecule has 0 bridgehead atoms. The van der Waals surface area contributed by atoms with Gasteiger partial charge in [-0.25, -0.2) is 4.79 Å². The van der Waals surface area contributed by atoms with E-state index < -0.39 is 11.7 Å². The fourth-order valence-electron chi connectivity index (χ4n) is 3.72. The van der Waals surface area contributed by atoms with Crippen molar-refractivity contribution in [3.05, 3.63) is 34.9 Å². The Morgan fingerprint density at radius 1 is 1.21 bits per heavy atom. The Hall–Kier alpha value is -1.30. The van der Waals surface area contributed by atoms with E-state index in [9.17, 15) is 9.90 Å². The summed E-state index contributed by atoms with van der Waals surface area (Å²) in [6.07, 6.45) is 3.02. The van der Waals surface area contributed by atoms with Crippen molar-refractivity contribution in [1.29, 1.82) is 0 Å². The first-order chi connectivity index (χ1) is 11.6. The number of ether oxygens (including phenoxy) is 1. The van der Waals surface area contributed by atoms with Crippen LogP contribution in [0.2, 0.25) is 5.02 Å². The van der Waals surface area contributed by atoms with E-state index in [4.69, 9.17) is 16.3 Å². The lowest BCUT2D eigenvalue weighted by molar-refractivity contribution is -0.0900. The molecule has 0 atom stereocenters. The number of piperidine rings is 1. The van der Waals surface area contributed by atoms with E-state index in [1.54, 1.807) is 0 Å². The van der Waals surface area contributed by atoms with Crippen LogP contribution in [0.3, 0.4) is 0 Å². The first kappa shape index (κ1) is 17.5. The SMILES string of the molecule is O=C(O)N1CCC(OCCN2CCCC2)(c2cccc(Cl)c2)CC1. The number of carbonyl (C=O) groups is 1. The summed E-state index contributed by atoms with van der Waals surface area (Å²) in [4.78, 5) is 15.1. The molecule has 2 fully saturated rings. The third-order valence-electron chi connectivity index (χ3n) is 5.18. The van der Waals surface area contributed by atoms with Gasteiger partial charge < -0.3 is 19.6 Å². The number of rotatable bonds is 5. The summed E-state index contributed by atoms with van der Waals surface area (Å²) in [6.45, 7) is 4.89. The van der Waals surface area contributed by atoms with Crippen LogP contribution in [0.4, 0.5) is 4.79 Å². The number of carboxylic acid groups (broad SMARTS) is 1. The highest BCUT2D eigenvalue weighted by Gasteiger charge is 2.38. The molecule has 0 aromatic heterocycles. The Balaban J connectivity index is 1.70. The Labute approximate surface area is 148 Å². The van der Waals surface area contributed by atoms with Crippen LogP contribution in [0.25, 0.3) is 0 Å². The second-order valence-corrected chi connectivity index (χ2v) is 7.11. The van der Waals surface area contributed by atoms with Gasteiger partial charge in [0.2, 0.25) is 0 Å². The summed E-state index contributed by atoms with van der Waals surface area (Å²) in [5.74, 6) is 0. The maximum Gasteiger partial charge on any atom is 0.407 e. The molecule has 1 amide bonds. The van der Waals surface area contributed by atoms with Gasteiger partial charge in [0.25, 0.3) is 0 Å². The summed E-state index contributed by atoms with van der Waals surface area (Å²) in [5.41, 5.74) is 0.623. The van der Waals surface area contributed by atoms with E-state index in [2.05, 4.69) is 4.90 Å². The van der Waals surface area contributed by atoms with Gasteiger partial charge in [0.1, 0.15) is 0 Å². The zero-order chi connectivity index (χ0) is 17.0. The highest BCUT2D eigenvalue weighted by atomic mass is 35.5. The molecule has 1 aromatic rings. The average Bonchev–Trinajstić information content (AvgIpc) is 3.08. The van der Waals surface area contributed by atoms with E-state index in [-0.39, 0.29) is 0 Å². The molecule has 5 nitrogen and oxygen atoms in total. The van der Waals surface area contributed by atoms with Crippen LogP contribution in [-0.2, 0) is 10.3 Å². The molecule has 132 valence electrons. The third kappa shape index (κ3) is 4.02. The fraction of sp³-hybridized carbons (Fsp3) is 0.611. The molecular formula is C18H25ClN2O3. The molecule has 2 heterocycles. The molecule has 0 unspecified atom stereocenters. The van der Waals surface area contributed by atoms with Gasteiger partial charge in [-0.05, 0) is 56.5 Å². The summed E-state index contributed by atoms with van der Waals surface area (Å²) < 4.78 is 6.38. The van der Waals surface area contributed by atoms with Gasteiger partial charge in [-0.15, -0.1) is 0 Å². The highest BCUT2D eigenvalue weighted by Crippen LogP contribution is 2.37. The maximum atomic E-state index is 11.2. The first-order valence-electron chi connectivity index (χ1n) is 8.69. The van der Waals surface area contributed by atoms with Crippen molar-refractivity contribution in [3.63, 3.8) is 0 Å². The van der Waals surface area contributed by atoms with E-state index in [0.29, 0.717) is 37.6 Å². The Morgan fingerprint density at radius 2 is 1.92 bits per heavy atom. The van der Waals surface area contributed by atoms with Gasteiger partial charge >= 0.3 is 6.09 Å². The number of nitrogens with zero attached hydrogens (tertiary/aromatic N) is 2. The average molecular weight is 353 g/mol. The third-order valence-corrected chi connectivity index (χ3v) is 5.41. The molecule has 0 aliphatic carbocycles. The zero-order valence-corrected chi connectivity index (χ0v) is 14.7. The lowest BCUT2D eigenvalue weighted by atomic mass is 9.84. The van der Waals surface area contributed by atoms with Crippen molar-refractivity contribution in [2.45, 2.75) is 31.3 Å². The smallest absolute Gasteiger partial charge is 0.407 e. The maximum absolute atomic E-state index is 11.2. The van der Waals surface area contributed by atoms with Crippen LogP contribution in [0.15, 0.2) is 24.3 Å². The van der Waals surface area contributed by atoms with Crippen molar-refractivity contribution in [3.8, 4) is 0 Å². The van der Waals surface area contributed by atoms with Crippen LogP contribution in [0, 0.1) is 0 Å². The molecule has 0 saturated carbocycles. The van der Waals surface area contributed by atoms with E-state index >= 15 is 0 Å². The number of benzene rings is 1. The van der Waals surface area contributed by atoms with Crippen molar-refractivity contribution < 1.29 is 14.6 Å². The van der Waals surface area contributed by atoms with Crippen LogP contribution in [0.5, 0.6) is 0 Å². The Kier molecular flexibility index (Phi) is 5.64. The normalized spacial score (nSPS) is 21.1. The fourth-order valence-corrected chi connectivity index (χ4v) is 3.91. The van der Waals surface area contributed by atoms with Crippen LogP contribution in [-0.4, -0.2) is 60.3 Å². The first-order valence-corrected chi connectivity index (χ1v) is 9.07. The highest BCUT2D eigenvalue weighted by molar-refractivity contribution is 6.30. The van der Waals surface area contributed by atoms with Crippen LogP contribution < -0.4 is 0 Å². The zero-order valence-electron chi connectivity index (χ0n) is 13.9. The van der Waals surface area contributed by atoms with Crippen molar-refractivity contribution in [1.82, 2.24) is 9.80 Å². The Bertz CT molecular complexity index is 567. The van der Waals surface area contributed by atoms with Gasteiger partial charge in [-0.3, -0.25) is 0 Å². The summed E-state index contributed by atoms with van der Waals surface area (Å²) in [5, 5.41) is 9.89. The minimum absolute atomic E-state index is 0.434. The molecule has 2 saturated heterocycles. The van der Waals surface area contributed by atoms with Crippen molar-refractivity contribution in [2.75, 3.05) is 39.3 Å². The molecule has 6 heteroatoms. The molecule has 1 N–H and O–H groups in total. The van der Waals surface area contributed by atoms with E-state index in [1.807, 2.05) is 24.3 Å². The second kappa shape index (κ2) is 7.72. The monoisotopic (exact) mass is 352 g/mol. The minimum Gasteiger partial charge on any atom is -0.465 e. The minimum atomic E-state index is -0.855. The van der Waals surface area contributed by atoms with E-state index in [1.165, 1.54) is 17.7 Å². The number of hydrogen-bond acceptors (Lipinski definition) is 3. The molecule has 1 aromatic carbocycles. The van der Waals surface area contributed by atoms with Crippen LogP contribution >= 0.6 is 11.6 Å².